The Balaban J connectivity index is 3.06. The SMILES string of the molecule is CCCNC(C)c1c(OC)cccc1N(C)CCC#N. The summed E-state index contributed by atoms with van der Waals surface area (Å²) >= 11 is 0. The Kier molecular flexibility index (Phi) is 6.89. The molecule has 0 heterocycles. The quantitative estimate of drug-likeness (QED) is 0.792. The van der Waals surface area contributed by atoms with E-state index in [2.05, 4.69) is 36.2 Å². The van der Waals surface area contributed by atoms with Gasteiger partial charge < -0.3 is 15.0 Å². The van der Waals surface area contributed by atoms with Crippen LogP contribution in [-0.4, -0.2) is 27.2 Å². The van der Waals surface area contributed by atoms with E-state index in [4.69, 9.17) is 10.00 Å². The number of anilines is 1. The highest BCUT2D eigenvalue weighted by Gasteiger charge is 2.17. The standard InChI is InChI=1S/C16H25N3O/c1-5-11-18-13(2)16-14(19(3)12-7-10-17)8-6-9-15(16)20-4/h6,8-9,13,18H,5,7,11-12H2,1-4H3. The van der Waals surface area contributed by atoms with Crippen molar-refractivity contribution in [3.63, 3.8) is 0 Å². The van der Waals surface area contributed by atoms with Gasteiger partial charge in [-0.25, -0.2) is 0 Å². The van der Waals surface area contributed by atoms with Crippen molar-refractivity contribution in [3.05, 3.63) is 23.8 Å². The van der Waals surface area contributed by atoms with Crippen LogP contribution in [0.5, 0.6) is 5.75 Å². The van der Waals surface area contributed by atoms with E-state index in [1.165, 1.54) is 0 Å². The molecule has 1 N–H and O–H groups in total. The third-order valence-corrected chi connectivity index (χ3v) is 3.37. The fourth-order valence-corrected chi connectivity index (χ4v) is 2.28. The molecule has 1 unspecified atom stereocenters. The summed E-state index contributed by atoms with van der Waals surface area (Å²) in [5.41, 5.74) is 2.28. The first-order valence-electron chi connectivity index (χ1n) is 7.14. The molecule has 0 radical (unpaired) electrons. The van der Waals surface area contributed by atoms with E-state index in [0.29, 0.717) is 6.42 Å². The maximum Gasteiger partial charge on any atom is 0.125 e. The lowest BCUT2D eigenvalue weighted by atomic mass is 10.0. The first kappa shape index (κ1) is 16.3. The van der Waals surface area contributed by atoms with Crippen molar-refractivity contribution in [1.29, 1.82) is 5.26 Å². The maximum absolute atomic E-state index is 8.74. The van der Waals surface area contributed by atoms with E-state index < -0.39 is 0 Å². The Bertz CT molecular complexity index is 454. The lowest BCUT2D eigenvalue weighted by molar-refractivity contribution is 0.402. The third-order valence-electron chi connectivity index (χ3n) is 3.37. The van der Waals surface area contributed by atoms with Gasteiger partial charge in [0.25, 0.3) is 0 Å². The summed E-state index contributed by atoms with van der Waals surface area (Å²) in [6, 6.07) is 8.47. The second-order valence-corrected chi connectivity index (χ2v) is 4.90. The van der Waals surface area contributed by atoms with Gasteiger partial charge in [-0.3, -0.25) is 0 Å². The van der Waals surface area contributed by atoms with Crippen LogP contribution in [-0.2, 0) is 0 Å². The van der Waals surface area contributed by atoms with Gasteiger partial charge in [0.15, 0.2) is 0 Å². The fraction of sp³-hybridized carbons (Fsp3) is 0.562. The summed E-state index contributed by atoms with van der Waals surface area (Å²) in [6.45, 7) is 5.99. The summed E-state index contributed by atoms with van der Waals surface area (Å²) in [4.78, 5) is 2.12. The van der Waals surface area contributed by atoms with Crippen LogP contribution >= 0.6 is 0 Å². The van der Waals surface area contributed by atoms with E-state index in [9.17, 15) is 0 Å². The number of nitrogens with one attached hydrogen (secondary N) is 1. The highest BCUT2D eigenvalue weighted by molar-refractivity contribution is 5.60. The van der Waals surface area contributed by atoms with E-state index in [0.717, 1.165) is 36.5 Å². The minimum absolute atomic E-state index is 0.214. The van der Waals surface area contributed by atoms with Crippen molar-refractivity contribution >= 4 is 5.69 Å². The first-order valence-corrected chi connectivity index (χ1v) is 7.14. The van der Waals surface area contributed by atoms with Crippen LogP contribution in [0.25, 0.3) is 0 Å². The number of nitrogens with zero attached hydrogens (tertiary/aromatic N) is 2. The topological polar surface area (TPSA) is 48.3 Å². The van der Waals surface area contributed by atoms with Crippen molar-refractivity contribution in [2.24, 2.45) is 0 Å². The predicted molar refractivity (Wildman–Crippen MR) is 83.2 cm³/mol. The zero-order valence-corrected chi connectivity index (χ0v) is 12.9. The number of hydrogen-bond donors (Lipinski definition) is 1. The molecule has 1 aromatic rings. The molecule has 0 fully saturated rings. The zero-order chi connectivity index (χ0) is 15.0. The van der Waals surface area contributed by atoms with Gasteiger partial charge >= 0.3 is 0 Å². The number of methoxy groups -OCH3 is 1. The smallest absolute Gasteiger partial charge is 0.125 e. The van der Waals surface area contributed by atoms with Crippen LogP contribution < -0.4 is 15.0 Å². The molecule has 0 spiro atoms. The van der Waals surface area contributed by atoms with Crippen molar-refractivity contribution in [1.82, 2.24) is 5.32 Å². The van der Waals surface area contributed by atoms with Gasteiger partial charge in [0, 0.05) is 30.9 Å². The lowest BCUT2D eigenvalue weighted by Gasteiger charge is -2.26. The molecule has 1 atom stereocenters. The lowest BCUT2D eigenvalue weighted by Crippen LogP contribution is -2.25. The largest absolute Gasteiger partial charge is 0.496 e. The molecular formula is C16H25N3O. The van der Waals surface area contributed by atoms with Crippen LogP contribution in [0, 0.1) is 11.3 Å². The molecule has 0 saturated heterocycles. The van der Waals surface area contributed by atoms with Gasteiger partial charge in [-0.1, -0.05) is 13.0 Å². The number of rotatable bonds is 8. The summed E-state index contributed by atoms with van der Waals surface area (Å²) in [5, 5.41) is 12.2. The first-order chi connectivity index (χ1) is 9.65. The Morgan fingerprint density at radius 1 is 1.45 bits per heavy atom. The molecule has 0 aliphatic heterocycles. The van der Waals surface area contributed by atoms with E-state index in [1.54, 1.807) is 7.11 Å². The Morgan fingerprint density at radius 3 is 2.80 bits per heavy atom. The summed E-state index contributed by atoms with van der Waals surface area (Å²) < 4.78 is 5.51. The zero-order valence-electron chi connectivity index (χ0n) is 12.9. The van der Waals surface area contributed by atoms with Crippen molar-refractivity contribution in [2.45, 2.75) is 32.7 Å². The van der Waals surface area contributed by atoms with E-state index in [1.807, 2.05) is 19.2 Å². The Labute approximate surface area is 122 Å². The molecule has 1 rings (SSSR count). The van der Waals surface area contributed by atoms with Crippen LogP contribution in [0.4, 0.5) is 5.69 Å². The summed E-state index contributed by atoms with van der Waals surface area (Å²) in [5.74, 6) is 0.891. The molecule has 110 valence electrons. The van der Waals surface area contributed by atoms with Crippen LogP contribution in [0.1, 0.15) is 38.3 Å². The van der Waals surface area contributed by atoms with E-state index >= 15 is 0 Å². The second-order valence-electron chi connectivity index (χ2n) is 4.90. The van der Waals surface area contributed by atoms with Gasteiger partial charge in [-0.2, -0.15) is 5.26 Å². The molecule has 0 aliphatic rings. The highest BCUT2D eigenvalue weighted by Crippen LogP contribution is 2.34. The minimum Gasteiger partial charge on any atom is -0.496 e. The van der Waals surface area contributed by atoms with Crippen LogP contribution in [0.15, 0.2) is 18.2 Å². The van der Waals surface area contributed by atoms with Crippen molar-refractivity contribution in [2.75, 3.05) is 32.1 Å². The number of hydrogen-bond acceptors (Lipinski definition) is 4. The van der Waals surface area contributed by atoms with Gasteiger partial charge in [0.2, 0.25) is 0 Å². The van der Waals surface area contributed by atoms with Crippen LogP contribution in [0.2, 0.25) is 0 Å². The fourth-order valence-electron chi connectivity index (χ4n) is 2.28. The Hall–Kier alpha value is -1.73. The summed E-state index contributed by atoms with van der Waals surface area (Å²) in [7, 11) is 3.71. The molecule has 20 heavy (non-hydrogen) atoms. The minimum atomic E-state index is 0.214. The normalized spacial score (nSPS) is 11.8. The third kappa shape index (κ3) is 4.14. The molecule has 0 aliphatic carbocycles. The average molecular weight is 275 g/mol. The number of ether oxygens (including phenoxy) is 1. The molecule has 4 heteroatoms. The molecule has 4 nitrogen and oxygen atoms in total. The molecule has 0 amide bonds. The molecular weight excluding hydrogens is 250 g/mol. The molecule has 0 aromatic heterocycles. The Morgan fingerprint density at radius 2 is 2.20 bits per heavy atom. The monoisotopic (exact) mass is 275 g/mol. The van der Waals surface area contributed by atoms with Gasteiger partial charge in [0.05, 0.1) is 19.6 Å². The average Bonchev–Trinajstić information content (AvgIpc) is 2.49. The molecule has 0 saturated carbocycles. The van der Waals surface area contributed by atoms with Crippen molar-refractivity contribution in [3.8, 4) is 11.8 Å². The van der Waals surface area contributed by atoms with Crippen LogP contribution in [0.3, 0.4) is 0 Å². The number of benzene rings is 1. The van der Waals surface area contributed by atoms with Gasteiger partial charge in [-0.05, 0) is 32.0 Å². The summed E-state index contributed by atoms with van der Waals surface area (Å²) in [6.07, 6.45) is 1.61. The second kappa shape index (κ2) is 8.44. The van der Waals surface area contributed by atoms with Gasteiger partial charge in [0.1, 0.15) is 5.75 Å². The predicted octanol–water partition coefficient (Wildman–Crippen LogP) is 3.11. The van der Waals surface area contributed by atoms with E-state index in [-0.39, 0.29) is 6.04 Å². The molecule has 0 bridgehead atoms. The molecule has 1 aromatic carbocycles. The maximum atomic E-state index is 8.74. The van der Waals surface area contributed by atoms with Gasteiger partial charge in [-0.15, -0.1) is 0 Å². The number of nitriles is 1. The highest BCUT2D eigenvalue weighted by atomic mass is 16.5. The van der Waals surface area contributed by atoms with Crippen molar-refractivity contribution < 1.29 is 4.74 Å².